The van der Waals surface area contributed by atoms with Crippen molar-refractivity contribution < 1.29 is 13.2 Å². The van der Waals surface area contributed by atoms with Crippen molar-refractivity contribution in [1.82, 2.24) is 9.97 Å². The van der Waals surface area contributed by atoms with Crippen molar-refractivity contribution in [2.45, 2.75) is 50.7 Å². The van der Waals surface area contributed by atoms with Gasteiger partial charge in [0.1, 0.15) is 12.0 Å². The van der Waals surface area contributed by atoms with Crippen molar-refractivity contribution >= 4 is 23.0 Å². The van der Waals surface area contributed by atoms with Crippen LogP contribution in [0.15, 0.2) is 30.6 Å². The van der Waals surface area contributed by atoms with Crippen LogP contribution in [0.5, 0.6) is 0 Å². The molecule has 1 aromatic heterocycles. The van der Waals surface area contributed by atoms with Crippen molar-refractivity contribution in [3.05, 3.63) is 36.2 Å². The molecule has 26 heavy (non-hydrogen) atoms. The Balaban J connectivity index is 1.72. The molecule has 0 amide bonds. The first-order chi connectivity index (χ1) is 12.4. The molecule has 5 nitrogen and oxygen atoms in total. The zero-order chi connectivity index (χ0) is 18.6. The van der Waals surface area contributed by atoms with Gasteiger partial charge in [-0.3, -0.25) is 0 Å². The molecule has 1 aromatic carbocycles. The molecule has 0 bridgehead atoms. The van der Waals surface area contributed by atoms with Crippen LogP contribution in [0.25, 0.3) is 0 Å². The second kappa shape index (κ2) is 7.80. The maximum atomic E-state index is 12.6. The molecule has 1 fully saturated rings. The summed E-state index contributed by atoms with van der Waals surface area (Å²) in [5, 5.41) is 6.34. The fourth-order valence-electron chi connectivity index (χ4n) is 3.11. The van der Waals surface area contributed by atoms with Gasteiger partial charge in [-0.05, 0) is 37.1 Å². The van der Waals surface area contributed by atoms with Gasteiger partial charge in [0, 0.05) is 11.7 Å². The zero-order valence-corrected chi connectivity index (χ0v) is 14.3. The number of hydrogen-bond donors (Lipinski definition) is 3. The Morgan fingerprint density at radius 1 is 0.923 bits per heavy atom. The first-order valence-electron chi connectivity index (χ1n) is 8.75. The number of anilines is 4. The van der Waals surface area contributed by atoms with Crippen LogP contribution < -0.4 is 16.4 Å². The second-order valence-corrected chi connectivity index (χ2v) is 6.52. The highest BCUT2D eigenvalue weighted by Crippen LogP contribution is 2.32. The van der Waals surface area contributed by atoms with Gasteiger partial charge in [-0.1, -0.05) is 25.7 Å². The number of nitrogens with zero attached hydrogens (tertiary/aromatic N) is 2. The van der Waals surface area contributed by atoms with E-state index in [0.717, 1.165) is 25.0 Å². The molecule has 0 atom stereocenters. The third-order valence-electron chi connectivity index (χ3n) is 4.55. The molecular formula is C18H22F3N5. The first-order valence-corrected chi connectivity index (χ1v) is 8.75. The van der Waals surface area contributed by atoms with Crippen LogP contribution in [0.4, 0.5) is 36.2 Å². The molecule has 4 N–H and O–H groups in total. The average Bonchev–Trinajstić information content (AvgIpc) is 2.87. The Morgan fingerprint density at radius 3 is 2.15 bits per heavy atom. The largest absolute Gasteiger partial charge is 0.416 e. The van der Waals surface area contributed by atoms with Crippen LogP contribution in [0.1, 0.15) is 44.1 Å². The zero-order valence-electron chi connectivity index (χ0n) is 14.3. The van der Waals surface area contributed by atoms with Crippen LogP contribution in [0, 0.1) is 0 Å². The molecule has 0 unspecified atom stereocenters. The highest BCUT2D eigenvalue weighted by molar-refractivity contribution is 5.77. The van der Waals surface area contributed by atoms with Crippen molar-refractivity contribution in [2.24, 2.45) is 0 Å². The number of nitrogens with two attached hydrogens (primary N) is 1. The standard InChI is InChI=1S/C18H22F3N5/c19-18(20,21)12-7-9-14(10-8-12)26-17-15(22)16(23-11-24-17)25-13-5-3-1-2-4-6-13/h7-11,13H,1-6,22H2,(H2,23,24,25,26). The Kier molecular flexibility index (Phi) is 5.49. The summed E-state index contributed by atoms with van der Waals surface area (Å²) in [5.74, 6) is 0.928. The van der Waals surface area contributed by atoms with E-state index in [1.807, 2.05) is 0 Å². The fourth-order valence-corrected chi connectivity index (χ4v) is 3.11. The summed E-state index contributed by atoms with van der Waals surface area (Å²) >= 11 is 0. The van der Waals surface area contributed by atoms with Crippen molar-refractivity contribution in [2.75, 3.05) is 16.4 Å². The fraction of sp³-hybridized carbons (Fsp3) is 0.444. The van der Waals surface area contributed by atoms with Gasteiger partial charge in [0.05, 0.1) is 5.56 Å². The van der Waals surface area contributed by atoms with Crippen LogP contribution in [-0.2, 0) is 6.18 Å². The molecule has 1 aliphatic rings. The molecule has 1 heterocycles. The van der Waals surface area contributed by atoms with Gasteiger partial charge in [0.2, 0.25) is 0 Å². The van der Waals surface area contributed by atoms with Gasteiger partial charge in [0.15, 0.2) is 11.6 Å². The maximum Gasteiger partial charge on any atom is 0.416 e. The Hall–Kier alpha value is -2.51. The minimum absolute atomic E-state index is 0.327. The van der Waals surface area contributed by atoms with Crippen molar-refractivity contribution in [3.8, 4) is 0 Å². The topological polar surface area (TPSA) is 75.9 Å². The molecular weight excluding hydrogens is 343 g/mol. The predicted octanol–water partition coefficient (Wildman–Crippen LogP) is 4.96. The van der Waals surface area contributed by atoms with E-state index in [1.54, 1.807) is 0 Å². The van der Waals surface area contributed by atoms with E-state index in [4.69, 9.17) is 5.73 Å². The number of nitrogens with one attached hydrogen (secondary N) is 2. The van der Waals surface area contributed by atoms with E-state index < -0.39 is 11.7 Å². The van der Waals surface area contributed by atoms with Crippen LogP contribution in [0.2, 0.25) is 0 Å². The summed E-state index contributed by atoms with van der Waals surface area (Å²) in [6, 6.07) is 5.06. The number of hydrogen-bond acceptors (Lipinski definition) is 5. The lowest BCUT2D eigenvalue weighted by atomic mass is 10.1. The molecule has 1 aliphatic carbocycles. The van der Waals surface area contributed by atoms with Crippen LogP contribution in [0.3, 0.4) is 0 Å². The van der Waals surface area contributed by atoms with E-state index in [0.29, 0.717) is 29.1 Å². The molecule has 0 saturated heterocycles. The lowest BCUT2D eigenvalue weighted by Gasteiger charge is -2.19. The number of alkyl halides is 3. The normalized spacial score (nSPS) is 16.1. The SMILES string of the molecule is Nc1c(Nc2ccc(C(F)(F)F)cc2)ncnc1NC1CCCCCC1. The van der Waals surface area contributed by atoms with E-state index >= 15 is 0 Å². The van der Waals surface area contributed by atoms with Crippen LogP contribution >= 0.6 is 0 Å². The molecule has 2 aromatic rings. The summed E-state index contributed by atoms with van der Waals surface area (Å²) in [4.78, 5) is 8.32. The molecule has 3 rings (SSSR count). The van der Waals surface area contributed by atoms with Crippen molar-refractivity contribution in [1.29, 1.82) is 0 Å². The third kappa shape index (κ3) is 4.56. The van der Waals surface area contributed by atoms with Crippen molar-refractivity contribution in [3.63, 3.8) is 0 Å². The highest BCUT2D eigenvalue weighted by Gasteiger charge is 2.30. The van der Waals surface area contributed by atoms with Gasteiger partial charge < -0.3 is 16.4 Å². The number of aromatic nitrogens is 2. The average molecular weight is 365 g/mol. The number of rotatable bonds is 4. The summed E-state index contributed by atoms with van der Waals surface area (Å²) < 4.78 is 37.9. The van der Waals surface area contributed by atoms with Gasteiger partial charge in [0.25, 0.3) is 0 Å². The van der Waals surface area contributed by atoms with Gasteiger partial charge in [-0.15, -0.1) is 0 Å². The number of halogens is 3. The number of benzene rings is 1. The molecule has 8 heteroatoms. The molecule has 1 saturated carbocycles. The summed E-state index contributed by atoms with van der Waals surface area (Å²) in [6.07, 6.45) is 4.04. The van der Waals surface area contributed by atoms with Crippen LogP contribution in [-0.4, -0.2) is 16.0 Å². The Bertz CT molecular complexity index is 723. The quantitative estimate of drug-likeness (QED) is 0.668. The third-order valence-corrected chi connectivity index (χ3v) is 4.55. The Labute approximate surface area is 150 Å². The minimum atomic E-state index is -4.36. The van der Waals surface area contributed by atoms with E-state index in [-0.39, 0.29) is 0 Å². The lowest BCUT2D eigenvalue weighted by molar-refractivity contribution is -0.137. The molecule has 140 valence electrons. The molecule has 0 radical (unpaired) electrons. The summed E-state index contributed by atoms with van der Waals surface area (Å²) in [6.45, 7) is 0. The van der Waals surface area contributed by atoms with E-state index in [9.17, 15) is 13.2 Å². The van der Waals surface area contributed by atoms with E-state index in [2.05, 4.69) is 20.6 Å². The first kappa shape index (κ1) is 18.3. The van der Waals surface area contributed by atoms with Gasteiger partial charge in [-0.25, -0.2) is 9.97 Å². The minimum Gasteiger partial charge on any atom is -0.393 e. The highest BCUT2D eigenvalue weighted by atomic mass is 19.4. The second-order valence-electron chi connectivity index (χ2n) is 6.52. The number of nitrogen functional groups attached to an aromatic ring is 1. The monoisotopic (exact) mass is 365 g/mol. The molecule has 0 spiro atoms. The smallest absolute Gasteiger partial charge is 0.393 e. The summed E-state index contributed by atoms with van der Waals surface area (Å²) in [5.41, 5.74) is 6.29. The van der Waals surface area contributed by atoms with E-state index in [1.165, 1.54) is 44.1 Å². The maximum absolute atomic E-state index is 12.6. The van der Waals surface area contributed by atoms with Gasteiger partial charge >= 0.3 is 6.18 Å². The predicted molar refractivity (Wildman–Crippen MR) is 96.3 cm³/mol. The molecule has 0 aliphatic heterocycles. The Morgan fingerprint density at radius 2 is 1.54 bits per heavy atom. The lowest BCUT2D eigenvalue weighted by Crippen LogP contribution is -2.20. The van der Waals surface area contributed by atoms with Gasteiger partial charge in [-0.2, -0.15) is 13.2 Å². The summed E-state index contributed by atoms with van der Waals surface area (Å²) in [7, 11) is 0.